The Labute approximate surface area is 51.8 Å². The lowest BCUT2D eigenvalue weighted by molar-refractivity contribution is -0.0869. The van der Waals surface area contributed by atoms with E-state index in [1.54, 1.807) is 0 Å². The molecule has 0 aliphatic rings. The van der Waals surface area contributed by atoms with Crippen LogP contribution in [-0.2, 0) is 4.57 Å². The Balaban J connectivity index is 4.40. The predicted molar refractivity (Wildman–Crippen MR) is 19.7 cm³/mol. The van der Waals surface area contributed by atoms with E-state index in [2.05, 4.69) is 0 Å². The summed E-state index contributed by atoms with van der Waals surface area (Å²) in [4.78, 5) is 0. The fourth-order valence-corrected chi connectivity index (χ4v) is 0.431. The first-order chi connectivity index (χ1) is 4.15. The lowest BCUT2D eigenvalue weighted by Crippen LogP contribution is -2.12. The van der Waals surface area contributed by atoms with Crippen molar-refractivity contribution in [3.8, 4) is 0 Å². The third-order valence-electron chi connectivity index (χ3n) is 0.461. The molecule has 0 atom stereocenters. The van der Waals surface area contributed by atoms with Crippen LogP contribution in [0.2, 0.25) is 0 Å². The normalized spacial score (nSPS) is 13.4. The summed E-state index contributed by atoms with van der Waals surface area (Å²) in [6.07, 6.45) is 0. The van der Waals surface area contributed by atoms with E-state index in [9.17, 15) is 30.9 Å². The zero-order chi connectivity index (χ0) is 8.58. The second-order valence-corrected chi connectivity index (χ2v) is 2.83. The second kappa shape index (κ2) is 2.38. The maximum Gasteiger partial charge on any atom is 0.615 e. The first kappa shape index (κ1) is 9.68. The third-order valence-corrected chi connectivity index (χ3v) is 1.38. The van der Waals surface area contributed by atoms with Crippen molar-refractivity contribution >= 4 is 7.80 Å². The molecule has 0 aliphatic carbocycles. The van der Waals surface area contributed by atoms with Crippen LogP contribution in [0.3, 0.4) is 0 Å². The van der Waals surface area contributed by atoms with Gasteiger partial charge in [0, 0.05) is 0 Å². The van der Waals surface area contributed by atoms with Gasteiger partial charge in [0.15, 0.2) is 0 Å². The summed E-state index contributed by atoms with van der Waals surface area (Å²) in [5, 5.41) is 0. The Morgan fingerprint density at radius 3 is 1.00 bits per heavy atom. The minimum absolute atomic E-state index is 5.11. The number of hydrogen-bond donors (Lipinski definition) is 0. The molecule has 0 heterocycles. The molecule has 0 saturated carbocycles. The molecule has 0 saturated heterocycles. The SMILES string of the molecule is O=[P+](C(F)(F)F)C(F)(F)F. The van der Waals surface area contributed by atoms with Crippen molar-refractivity contribution in [1.82, 2.24) is 0 Å². The van der Waals surface area contributed by atoms with Crippen LogP contribution in [0.15, 0.2) is 0 Å². The summed E-state index contributed by atoms with van der Waals surface area (Å²) in [6, 6.07) is 0. The Morgan fingerprint density at radius 1 is 0.800 bits per heavy atom. The van der Waals surface area contributed by atoms with Gasteiger partial charge >= 0.3 is 19.6 Å². The Bertz CT molecular complexity index is 127. The van der Waals surface area contributed by atoms with Crippen molar-refractivity contribution in [3.05, 3.63) is 0 Å². The number of alkyl halides is 6. The van der Waals surface area contributed by atoms with Crippen molar-refractivity contribution in [2.45, 2.75) is 11.8 Å². The van der Waals surface area contributed by atoms with E-state index in [0.29, 0.717) is 0 Å². The molecule has 0 aromatic heterocycles. The van der Waals surface area contributed by atoms with Crippen LogP contribution in [0.25, 0.3) is 0 Å². The smallest absolute Gasteiger partial charge is 0.125 e. The number of hydrogen-bond acceptors (Lipinski definition) is 1. The molecule has 0 unspecified atom stereocenters. The minimum Gasteiger partial charge on any atom is -0.125 e. The molecule has 0 N–H and O–H groups in total. The van der Waals surface area contributed by atoms with Gasteiger partial charge in [-0.2, -0.15) is 0 Å². The predicted octanol–water partition coefficient (Wildman–Crippen LogP) is 2.85. The van der Waals surface area contributed by atoms with Gasteiger partial charge in [-0.05, 0) is 0 Å². The first-order valence-electron chi connectivity index (χ1n) is 1.76. The standard InChI is InChI=1S/C2F6OP/c3-1(4,5)10(9)2(6,7)8/q+1. The molecular weight excluding hydrogens is 185 g/mol. The summed E-state index contributed by atoms with van der Waals surface area (Å²) < 4.78 is 75.0. The van der Waals surface area contributed by atoms with Gasteiger partial charge in [-0.25, -0.2) is 0 Å². The van der Waals surface area contributed by atoms with Crippen LogP contribution in [0.1, 0.15) is 0 Å². The van der Waals surface area contributed by atoms with Crippen molar-refractivity contribution in [3.63, 3.8) is 0 Å². The minimum atomic E-state index is -5.67. The van der Waals surface area contributed by atoms with E-state index in [0.717, 1.165) is 0 Å². The van der Waals surface area contributed by atoms with Gasteiger partial charge in [0.1, 0.15) is 0 Å². The van der Waals surface area contributed by atoms with Crippen LogP contribution in [0, 0.1) is 0 Å². The van der Waals surface area contributed by atoms with E-state index < -0.39 is 19.6 Å². The molecular formula is C2F6OP+. The molecule has 1 nitrogen and oxygen atoms in total. The second-order valence-electron chi connectivity index (χ2n) is 1.23. The van der Waals surface area contributed by atoms with Crippen molar-refractivity contribution in [2.75, 3.05) is 0 Å². The Kier molecular flexibility index (Phi) is 2.30. The summed E-state index contributed by atoms with van der Waals surface area (Å²) in [7, 11) is -5.11. The molecule has 0 aromatic carbocycles. The average Bonchev–Trinajstić information content (AvgIpc) is 1.59. The molecule has 0 amide bonds. The molecule has 0 rings (SSSR count). The van der Waals surface area contributed by atoms with E-state index in [1.807, 2.05) is 0 Å². The van der Waals surface area contributed by atoms with Gasteiger partial charge in [0.2, 0.25) is 0 Å². The highest BCUT2D eigenvalue weighted by molar-refractivity contribution is 7.46. The van der Waals surface area contributed by atoms with Gasteiger partial charge in [-0.3, -0.25) is 0 Å². The summed E-state index contributed by atoms with van der Waals surface area (Å²) in [6.45, 7) is 0. The molecule has 8 heteroatoms. The molecule has 0 aromatic rings. The lowest BCUT2D eigenvalue weighted by Gasteiger charge is -1.93. The highest BCUT2D eigenvalue weighted by Gasteiger charge is 2.71. The highest BCUT2D eigenvalue weighted by atomic mass is 31.1. The van der Waals surface area contributed by atoms with Crippen molar-refractivity contribution in [2.24, 2.45) is 0 Å². The summed E-state index contributed by atoms with van der Waals surface area (Å²) in [5.41, 5.74) is 0. The number of rotatable bonds is 0. The van der Waals surface area contributed by atoms with Crippen molar-refractivity contribution < 1.29 is 30.9 Å². The fraction of sp³-hybridized carbons (Fsp3) is 1.00. The maximum absolute atomic E-state index is 10.9. The van der Waals surface area contributed by atoms with Gasteiger partial charge in [-0.15, -0.1) is 26.3 Å². The Morgan fingerprint density at radius 2 is 1.00 bits per heavy atom. The van der Waals surface area contributed by atoms with Crippen LogP contribution < -0.4 is 0 Å². The third kappa shape index (κ3) is 2.51. The monoisotopic (exact) mass is 185 g/mol. The molecule has 0 radical (unpaired) electrons. The maximum atomic E-state index is 10.9. The molecule has 0 spiro atoms. The zero-order valence-corrected chi connectivity index (χ0v) is 5.02. The van der Waals surface area contributed by atoms with Gasteiger partial charge in [0.25, 0.3) is 0 Å². The van der Waals surface area contributed by atoms with E-state index in [1.165, 1.54) is 0 Å². The first-order valence-corrected chi connectivity index (χ1v) is 3.02. The quantitative estimate of drug-likeness (QED) is 0.418. The summed E-state index contributed by atoms with van der Waals surface area (Å²) in [5.74, 6) is -11.3. The highest BCUT2D eigenvalue weighted by Crippen LogP contribution is 2.55. The van der Waals surface area contributed by atoms with Crippen LogP contribution in [0.5, 0.6) is 0 Å². The molecule has 10 heavy (non-hydrogen) atoms. The van der Waals surface area contributed by atoms with Gasteiger partial charge in [0.05, 0.1) is 0 Å². The van der Waals surface area contributed by atoms with Crippen LogP contribution >= 0.6 is 7.80 Å². The lowest BCUT2D eigenvalue weighted by atomic mass is 11.5. The topological polar surface area (TPSA) is 17.1 Å². The van der Waals surface area contributed by atoms with E-state index in [-0.39, 0.29) is 0 Å². The molecule has 0 bridgehead atoms. The largest absolute Gasteiger partial charge is 0.615 e. The fourth-order valence-electron chi connectivity index (χ4n) is 0.144. The van der Waals surface area contributed by atoms with E-state index >= 15 is 0 Å². The zero-order valence-electron chi connectivity index (χ0n) is 4.12. The molecule has 60 valence electrons. The Hall–Kier alpha value is -0.320. The van der Waals surface area contributed by atoms with E-state index in [4.69, 9.17) is 0 Å². The molecule has 0 fully saturated rings. The van der Waals surface area contributed by atoms with Crippen LogP contribution in [-0.4, -0.2) is 11.8 Å². The van der Waals surface area contributed by atoms with Gasteiger partial charge in [-0.1, -0.05) is 4.57 Å². The summed E-state index contributed by atoms with van der Waals surface area (Å²) >= 11 is 0. The van der Waals surface area contributed by atoms with Gasteiger partial charge < -0.3 is 0 Å². The van der Waals surface area contributed by atoms with Crippen LogP contribution in [0.4, 0.5) is 26.3 Å². The number of halogens is 6. The van der Waals surface area contributed by atoms with Crippen molar-refractivity contribution in [1.29, 1.82) is 0 Å². The average molecular weight is 185 g/mol. The molecule has 0 aliphatic heterocycles.